The molecule has 0 spiro atoms. The van der Waals surface area contributed by atoms with Crippen LogP contribution in [0.4, 0.5) is 0 Å². The molecular weight excluding hydrogens is 292 g/mol. The van der Waals surface area contributed by atoms with Crippen molar-refractivity contribution in [2.75, 3.05) is 0 Å². The van der Waals surface area contributed by atoms with Crippen molar-refractivity contribution in [3.8, 4) is 0 Å². The summed E-state index contributed by atoms with van der Waals surface area (Å²) in [6, 6.07) is 24.0. The van der Waals surface area contributed by atoms with Crippen molar-refractivity contribution in [3.05, 3.63) is 95.1 Å². The summed E-state index contributed by atoms with van der Waals surface area (Å²) in [6.45, 7) is 4.30. The van der Waals surface area contributed by atoms with E-state index in [-0.39, 0.29) is 5.78 Å². The average Bonchev–Trinajstić information content (AvgIpc) is 2.66. The minimum Gasteiger partial charge on any atom is -0.289 e. The second-order valence-corrected chi connectivity index (χ2v) is 6.25. The van der Waals surface area contributed by atoms with Crippen LogP contribution in [-0.4, -0.2) is 5.78 Å². The Hall–Kier alpha value is -2.93. The lowest BCUT2D eigenvalue weighted by Gasteiger charge is -2.13. The van der Waals surface area contributed by atoms with Crippen LogP contribution in [0.25, 0.3) is 21.5 Å². The number of carbonyl (C=O) groups excluding carboxylic acids is 1. The highest BCUT2D eigenvalue weighted by atomic mass is 16.1. The summed E-state index contributed by atoms with van der Waals surface area (Å²) in [4.78, 5) is 12.7. The molecule has 1 heteroatoms. The van der Waals surface area contributed by atoms with E-state index in [4.69, 9.17) is 0 Å². The summed E-state index contributed by atoms with van der Waals surface area (Å²) in [7, 11) is 0. The molecule has 0 saturated carbocycles. The molecule has 0 heterocycles. The zero-order valence-corrected chi connectivity index (χ0v) is 13.8. The van der Waals surface area contributed by atoms with Crippen LogP contribution >= 0.6 is 0 Å². The van der Waals surface area contributed by atoms with Gasteiger partial charge in [-0.25, -0.2) is 0 Å². The quantitative estimate of drug-likeness (QED) is 0.336. The second kappa shape index (κ2) is 5.61. The fourth-order valence-corrected chi connectivity index (χ4v) is 3.51. The van der Waals surface area contributed by atoms with E-state index in [1.807, 2.05) is 42.5 Å². The summed E-state index contributed by atoms with van der Waals surface area (Å²) in [5.74, 6) is 0.0720. The van der Waals surface area contributed by atoms with E-state index in [1.165, 1.54) is 27.3 Å². The van der Waals surface area contributed by atoms with E-state index < -0.39 is 0 Å². The number of benzene rings is 4. The molecule has 0 bridgehead atoms. The van der Waals surface area contributed by atoms with Gasteiger partial charge in [-0.15, -0.1) is 0 Å². The van der Waals surface area contributed by atoms with Crippen molar-refractivity contribution in [1.82, 2.24) is 0 Å². The van der Waals surface area contributed by atoms with Gasteiger partial charge in [0.2, 0.25) is 0 Å². The maximum absolute atomic E-state index is 12.7. The maximum Gasteiger partial charge on any atom is 0.193 e. The van der Waals surface area contributed by atoms with Gasteiger partial charge in [0.25, 0.3) is 0 Å². The van der Waals surface area contributed by atoms with Crippen LogP contribution in [0.5, 0.6) is 0 Å². The average molecular weight is 310 g/mol. The molecule has 4 rings (SSSR count). The number of rotatable bonds is 2. The number of aryl methyl sites for hydroxylation is 2. The fourth-order valence-electron chi connectivity index (χ4n) is 3.51. The topological polar surface area (TPSA) is 17.1 Å². The molecular formula is C23H18O. The van der Waals surface area contributed by atoms with Crippen molar-refractivity contribution in [1.29, 1.82) is 0 Å². The lowest BCUT2D eigenvalue weighted by atomic mass is 9.91. The Morgan fingerprint density at radius 3 is 1.79 bits per heavy atom. The predicted molar refractivity (Wildman–Crippen MR) is 101 cm³/mol. The van der Waals surface area contributed by atoms with Gasteiger partial charge in [-0.3, -0.25) is 4.79 Å². The Kier molecular flexibility index (Phi) is 3.42. The summed E-state index contributed by atoms with van der Waals surface area (Å²) in [5.41, 5.74) is 3.97. The zero-order valence-electron chi connectivity index (χ0n) is 13.8. The molecule has 0 unspecified atom stereocenters. The molecule has 0 radical (unpaired) electrons. The summed E-state index contributed by atoms with van der Waals surface area (Å²) in [6.07, 6.45) is 0. The van der Waals surface area contributed by atoms with Crippen LogP contribution in [0.15, 0.2) is 72.8 Å². The molecule has 0 fully saturated rings. The van der Waals surface area contributed by atoms with Crippen molar-refractivity contribution < 1.29 is 4.79 Å². The van der Waals surface area contributed by atoms with E-state index in [1.54, 1.807) is 0 Å². The van der Waals surface area contributed by atoms with E-state index >= 15 is 0 Å². The summed E-state index contributed by atoms with van der Waals surface area (Å²) >= 11 is 0. The van der Waals surface area contributed by atoms with Crippen molar-refractivity contribution in [2.24, 2.45) is 0 Å². The molecule has 0 atom stereocenters. The first kappa shape index (κ1) is 14.6. The Labute approximate surface area is 141 Å². The third-order valence-corrected chi connectivity index (χ3v) is 4.86. The molecule has 116 valence electrons. The lowest BCUT2D eigenvalue weighted by Crippen LogP contribution is -2.01. The van der Waals surface area contributed by atoms with Gasteiger partial charge in [0.05, 0.1) is 0 Å². The highest BCUT2D eigenvalue weighted by Gasteiger charge is 2.13. The number of hydrogen-bond donors (Lipinski definition) is 0. The molecule has 0 N–H and O–H groups in total. The molecule has 0 aliphatic carbocycles. The number of ketones is 1. The molecule has 24 heavy (non-hydrogen) atoms. The first-order valence-corrected chi connectivity index (χ1v) is 8.18. The molecule has 0 amide bonds. The Balaban J connectivity index is 1.97. The molecule has 0 aliphatic heterocycles. The Morgan fingerprint density at radius 2 is 1.12 bits per heavy atom. The van der Waals surface area contributed by atoms with Crippen LogP contribution in [0.2, 0.25) is 0 Å². The van der Waals surface area contributed by atoms with Crippen LogP contribution in [0.1, 0.15) is 27.0 Å². The molecule has 0 saturated heterocycles. The standard InChI is InChI=1S/C23H18O/c1-15-19-10-6-7-11-20(19)16(2)22-14-18(12-13-21(15)22)23(24)17-8-4-3-5-9-17/h3-14H,1-2H3. The lowest BCUT2D eigenvalue weighted by molar-refractivity contribution is 0.103. The smallest absolute Gasteiger partial charge is 0.193 e. The van der Waals surface area contributed by atoms with E-state index in [0.29, 0.717) is 0 Å². The predicted octanol–water partition coefficient (Wildman–Crippen LogP) is 5.84. The third-order valence-electron chi connectivity index (χ3n) is 4.86. The minimum absolute atomic E-state index is 0.0720. The van der Waals surface area contributed by atoms with Crippen LogP contribution in [0, 0.1) is 13.8 Å². The highest BCUT2D eigenvalue weighted by molar-refractivity contribution is 6.13. The second-order valence-electron chi connectivity index (χ2n) is 6.25. The van der Waals surface area contributed by atoms with Crippen molar-refractivity contribution in [2.45, 2.75) is 13.8 Å². The SMILES string of the molecule is Cc1c2ccccc2c(C)c2cc(C(=O)c3ccccc3)ccc12. The van der Waals surface area contributed by atoms with Gasteiger partial charge in [-0.05, 0) is 52.6 Å². The van der Waals surface area contributed by atoms with E-state index in [9.17, 15) is 4.79 Å². The van der Waals surface area contributed by atoms with Gasteiger partial charge in [0.15, 0.2) is 5.78 Å². The van der Waals surface area contributed by atoms with Gasteiger partial charge in [-0.2, -0.15) is 0 Å². The van der Waals surface area contributed by atoms with Gasteiger partial charge < -0.3 is 0 Å². The molecule has 0 aliphatic rings. The first-order chi connectivity index (χ1) is 11.7. The van der Waals surface area contributed by atoms with Gasteiger partial charge >= 0.3 is 0 Å². The third kappa shape index (κ3) is 2.21. The number of carbonyl (C=O) groups is 1. The van der Waals surface area contributed by atoms with Crippen molar-refractivity contribution >= 4 is 27.3 Å². The normalized spacial score (nSPS) is 11.1. The van der Waals surface area contributed by atoms with Crippen molar-refractivity contribution in [3.63, 3.8) is 0 Å². The van der Waals surface area contributed by atoms with E-state index in [0.717, 1.165) is 16.5 Å². The maximum atomic E-state index is 12.7. The molecule has 4 aromatic rings. The number of fused-ring (bicyclic) bond motifs is 2. The Morgan fingerprint density at radius 1 is 0.583 bits per heavy atom. The van der Waals surface area contributed by atoms with Gasteiger partial charge in [0, 0.05) is 11.1 Å². The number of hydrogen-bond acceptors (Lipinski definition) is 1. The molecule has 0 aromatic heterocycles. The monoisotopic (exact) mass is 310 g/mol. The highest BCUT2D eigenvalue weighted by Crippen LogP contribution is 2.32. The fraction of sp³-hybridized carbons (Fsp3) is 0.0870. The molecule has 4 aromatic carbocycles. The van der Waals surface area contributed by atoms with Crippen LogP contribution in [0.3, 0.4) is 0 Å². The van der Waals surface area contributed by atoms with Gasteiger partial charge in [-0.1, -0.05) is 66.7 Å². The van der Waals surface area contributed by atoms with Gasteiger partial charge in [0.1, 0.15) is 0 Å². The first-order valence-electron chi connectivity index (χ1n) is 8.18. The summed E-state index contributed by atoms with van der Waals surface area (Å²) < 4.78 is 0. The van der Waals surface area contributed by atoms with Crippen LogP contribution < -0.4 is 0 Å². The van der Waals surface area contributed by atoms with Crippen LogP contribution in [-0.2, 0) is 0 Å². The molecule has 1 nitrogen and oxygen atoms in total. The Bertz CT molecular complexity index is 1080. The summed E-state index contributed by atoms with van der Waals surface area (Å²) in [5, 5.41) is 4.92. The van der Waals surface area contributed by atoms with E-state index in [2.05, 4.69) is 44.2 Å². The minimum atomic E-state index is 0.0720. The zero-order chi connectivity index (χ0) is 16.7. The largest absolute Gasteiger partial charge is 0.289 e.